The quantitative estimate of drug-likeness (QED) is 0.539. The predicted molar refractivity (Wildman–Crippen MR) is 110 cm³/mol. The highest BCUT2D eigenvalue weighted by Crippen LogP contribution is 2.29. The molecule has 0 radical (unpaired) electrons. The van der Waals surface area contributed by atoms with E-state index >= 15 is 0 Å². The van der Waals surface area contributed by atoms with Crippen molar-refractivity contribution in [1.29, 1.82) is 5.41 Å². The molecule has 1 aliphatic rings. The molecule has 1 saturated heterocycles. The third kappa shape index (κ3) is 3.35. The van der Waals surface area contributed by atoms with Crippen LogP contribution in [0.15, 0.2) is 42.9 Å². The first kappa shape index (κ1) is 18.2. The number of hydrogen-bond donors (Lipinski definition) is 2. The van der Waals surface area contributed by atoms with Crippen LogP contribution in [0, 0.1) is 12.3 Å². The summed E-state index contributed by atoms with van der Waals surface area (Å²) in [6.07, 6.45) is 5.09. The van der Waals surface area contributed by atoms with E-state index in [-0.39, 0.29) is 0 Å². The van der Waals surface area contributed by atoms with Gasteiger partial charge in [-0.2, -0.15) is 5.10 Å². The van der Waals surface area contributed by atoms with E-state index < -0.39 is 6.17 Å². The van der Waals surface area contributed by atoms with Crippen LogP contribution in [0.2, 0.25) is 0 Å². The van der Waals surface area contributed by atoms with Gasteiger partial charge < -0.3 is 10.6 Å². The third-order valence-electron chi connectivity index (χ3n) is 5.18. The molecule has 2 aromatic heterocycles. The van der Waals surface area contributed by atoms with Gasteiger partial charge in [0.25, 0.3) is 0 Å². The number of hydrogen-bond acceptors (Lipinski definition) is 5. The van der Waals surface area contributed by atoms with Gasteiger partial charge in [-0.05, 0) is 48.7 Å². The maximum absolute atomic E-state index is 13.6. The Balaban J connectivity index is 1.71. The summed E-state index contributed by atoms with van der Waals surface area (Å²) in [5.74, 6) is 0.695. The smallest absolute Gasteiger partial charge is 0.129 e. The van der Waals surface area contributed by atoms with Crippen LogP contribution in [-0.2, 0) is 7.05 Å². The topological polar surface area (TPSA) is 83.8 Å². The van der Waals surface area contributed by atoms with Gasteiger partial charge in [0.1, 0.15) is 12.0 Å². The summed E-state index contributed by atoms with van der Waals surface area (Å²) in [7, 11) is 1.87. The third-order valence-corrected chi connectivity index (χ3v) is 5.18. The van der Waals surface area contributed by atoms with Crippen LogP contribution in [0.5, 0.6) is 0 Å². The molecule has 0 aliphatic carbocycles. The summed E-state index contributed by atoms with van der Waals surface area (Å²) in [5.41, 5.74) is 11.5. The van der Waals surface area contributed by atoms with Gasteiger partial charge in [-0.3, -0.25) is 10.1 Å². The minimum atomic E-state index is -0.820. The molecule has 0 bridgehead atoms. The Morgan fingerprint density at radius 1 is 1.29 bits per heavy atom. The lowest BCUT2D eigenvalue weighted by atomic mass is 9.94. The SMILES string of the molecule is Cc1cc(-c2cnn(C)c2)cc(C(=N)c2ccnc(N3CCC(F)C3)c2)c1N. The highest BCUT2D eigenvalue weighted by Gasteiger charge is 2.23. The van der Waals surface area contributed by atoms with E-state index in [1.54, 1.807) is 23.1 Å². The molecule has 3 aromatic rings. The first-order valence-corrected chi connectivity index (χ1v) is 9.26. The molecule has 0 saturated carbocycles. The number of nitrogen functional groups attached to an aromatic ring is 1. The van der Waals surface area contributed by atoms with Crippen LogP contribution in [-0.4, -0.2) is 39.7 Å². The molecule has 144 valence electrons. The number of halogens is 1. The highest BCUT2D eigenvalue weighted by atomic mass is 19.1. The standard InChI is InChI=1S/C21H23FN6/c1-13-7-15(16-10-26-27(2)11-16)8-18(20(13)23)21(24)14-3-5-25-19(9-14)28-6-4-17(22)12-28/h3,5,7-11,17,24H,4,6,12,23H2,1-2H3. The molecule has 4 rings (SSSR count). The monoisotopic (exact) mass is 378 g/mol. The number of pyridine rings is 1. The van der Waals surface area contributed by atoms with Gasteiger partial charge >= 0.3 is 0 Å². The van der Waals surface area contributed by atoms with Gasteiger partial charge in [0.15, 0.2) is 0 Å². The Bertz CT molecular complexity index is 1040. The molecule has 28 heavy (non-hydrogen) atoms. The van der Waals surface area contributed by atoms with E-state index in [1.165, 1.54) is 0 Å². The molecular weight excluding hydrogens is 355 g/mol. The van der Waals surface area contributed by atoms with Crippen molar-refractivity contribution in [2.45, 2.75) is 19.5 Å². The maximum Gasteiger partial charge on any atom is 0.129 e. The molecule has 0 spiro atoms. The Hall–Kier alpha value is -3.22. The minimum Gasteiger partial charge on any atom is -0.398 e. The molecule has 7 heteroatoms. The molecule has 1 aliphatic heterocycles. The minimum absolute atomic E-state index is 0.325. The zero-order valence-electron chi connectivity index (χ0n) is 16.0. The van der Waals surface area contributed by atoms with Gasteiger partial charge in [0.2, 0.25) is 0 Å². The van der Waals surface area contributed by atoms with Crippen molar-refractivity contribution in [3.63, 3.8) is 0 Å². The lowest BCUT2D eigenvalue weighted by Gasteiger charge is -2.18. The Morgan fingerprint density at radius 3 is 2.79 bits per heavy atom. The molecule has 0 amide bonds. The zero-order chi connectivity index (χ0) is 19.8. The van der Waals surface area contributed by atoms with Gasteiger partial charge in [-0.15, -0.1) is 0 Å². The number of aromatic nitrogens is 3. The predicted octanol–water partition coefficient (Wildman–Crippen LogP) is 3.34. The van der Waals surface area contributed by atoms with E-state index in [4.69, 9.17) is 11.1 Å². The van der Waals surface area contributed by atoms with Gasteiger partial charge in [-0.1, -0.05) is 0 Å². The Morgan fingerprint density at radius 2 is 2.11 bits per heavy atom. The summed E-state index contributed by atoms with van der Waals surface area (Å²) < 4.78 is 15.3. The number of aryl methyl sites for hydroxylation is 2. The fraction of sp³-hybridized carbons (Fsp3) is 0.286. The Labute approximate surface area is 163 Å². The summed E-state index contributed by atoms with van der Waals surface area (Å²) >= 11 is 0. The number of rotatable bonds is 4. The van der Waals surface area contributed by atoms with Crippen molar-refractivity contribution < 1.29 is 4.39 Å². The normalized spacial score (nSPS) is 16.5. The van der Waals surface area contributed by atoms with Crippen molar-refractivity contribution in [3.05, 3.63) is 59.5 Å². The van der Waals surface area contributed by atoms with Gasteiger partial charge in [0.05, 0.1) is 18.5 Å². The van der Waals surface area contributed by atoms with Crippen LogP contribution >= 0.6 is 0 Å². The summed E-state index contributed by atoms with van der Waals surface area (Å²) in [4.78, 5) is 6.28. The second-order valence-corrected chi connectivity index (χ2v) is 7.27. The van der Waals surface area contributed by atoms with E-state index in [0.717, 1.165) is 16.7 Å². The van der Waals surface area contributed by atoms with Crippen molar-refractivity contribution in [3.8, 4) is 11.1 Å². The summed E-state index contributed by atoms with van der Waals surface area (Å²) in [5, 5.41) is 13.0. The van der Waals surface area contributed by atoms with Crippen molar-refractivity contribution in [2.75, 3.05) is 23.7 Å². The lowest BCUT2D eigenvalue weighted by Crippen LogP contribution is -2.21. The number of anilines is 2. The molecule has 6 nitrogen and oxygen atoms in total. The first-order chi connectivity index (χ1) is 13.4. The van der Waals surface area contributed by atoms with Crippen molar-refractivity contribution >= 4 is 17.2 Å². The summed E-state index contributed by atoms with van der Waals surface area (Å²) in [6.45, 7) is 2.93. The molecule has 1 atom stereocenters. The highest BCUT2D eigenvalue weighted by molar-refractivity contribution is 6.15. The second kappa shape index (κ2) is 7.07. The molecule has 1 aromatic carbocycles. The Kier molecular flexibility index (Phi) is 4.58. The largest absolute Gasteiger partial charge is 0.398 e. The molecule has 1 fully saturated rings. The number of nitrogens with zero attached hydrogens (tertiary/aromatic N) is 4. The maximum atomic E-state index is 13.6. The average Bonchev–Trinajstić information content (AvgIpc) is 3.32. The van der Waals surface area contributed by atoms with E-state index in [2.05, 4.69) is 10.1 Å². The number of benzene rings is 1. The first-order valence-electron chi connectivity index (χ1n) is 9.26. The fourth-order valence-corrected chi connectivity index (χ4v) is 3.57. The van der Waals surface area contributed by atoms with Crippen LogP contribution in [0.1, 0.15) is 23.1 Å². The van der Waals surface area contributed by atoms with E-state index in [0.29, 0.717) is 47.9 Å². The average molecular weight is 378 g/mol. The molecular formula is C21H23FN6. The van der Waals surface area contributed by atoms with Gasteiger partial charge in [0, 0.05) is 48.4 Å². The van der Waals surface area contributed by atoms with Crippen LogP contribution < -0.4 is 10.6 Å². The molecule has 3 N–H and O–H groups in total. The second-order valence-electron chi connectivity index (χ2n) is 7.27. The molecule has 1 unspecified atom stereocenters. The summed E-state index contributed by atoms with van der Waals surface area (Å²) in [6, 6.07) is 7.56. The number of nitrogens with two attached hydrogens (primary N) is 1. The van der Waals surface area contributed by atoms with E-state index in [1.807, 2.05) is 43.3 Å². The van der Waals surface area contributed by atoms with Crippen molar-refractivity contribution in [1.82, 2.24) is 14.8 Å². The van der Waals surface area contributed by atoms with Crippen LogP contribution in [0.3, 0.4) is 0 Å². The van der Waals surface area contributed by atoms with Crippen LogP contribution in [0.25, 0.3) is 11.1 Å². The lowest BCUT2D eigenvalue weighted by molar-refractivity contribution is 0.364. The number of alkyl halides is 1. The van der Waals surface area contributed by atoms with Crippen LogP contribution in [0.4, 0.5) is 15.9 Å². The molecule has 3 heterocycles. The van der Waals surface area contributed by atoms with E-state index in [9.17, 15) is 4.39 Å². The fourth-order valence-electron chi connectivity index (χ4n) is 3.57. The zero-order valence-corrected chi connectivity index (χ0v) is 16.0. The number of nitrogens with one attached hydrogen (secondary N) is 1. The van der Waals surface area contributed by atoms with Gasteiger partial charge in [-0.25, -0.2) is 9.37 Å². The van der Waals surface area contributed by atoms with Crippen molar-refractivity contribution in [2.24, 2.45) is 7.05 Å².